The van der Waals surface area contributed by atoms with E-state index in [2.05, 4.69) is 21.2 Å². The van der Waals surface area contributed by atoms with Crippen molar-refractivity contribution in [3.63, 3.8) is 0 Å². The van der Waals surface area contributed by atoms with E-state index in [4.69, 9.17) is 0 Å². The van der Waals surface area contributed by atoms with Gasteiger partial charge in [0.05, 0.1) is 4.92 Å². The average molecular weight is 335 g/mol. The predicted octanol–water partition coefficient (Wildman–Crippen LogP) is 4.59. The van der Waals surface area contributed by atoms with Crippen LogP contribution in [0.3, 0.4) is 0 Å². The van der Waals surface area contributed by atoms with Crippen molar-refractivity contribution in [1.82, 2.24) is 0 Å². The summed E-state index contributed by atoms with van der Waals surface area (Å²) in [6, 6.07) is 11.3. The fourth-order valence-electron chi connectivity index (χ4n) is 1.92. The summed E-state index contributed by atoms with van der Waals surface area (Å²) in [6.45, 7) is 4.31. The molecule has 0 aromatic heterocycles. The second kappa shape index (κ2) is 6.05. The molecule has 0 radical (unpaired) electrons. The molecular weight excluding hydrogens is 320 g/mol. The lowest BCUT2D eigenvalue weighted by Gasteiger charge is -2.09. The number of nitrogens with one attached hydrogen (secondary N) is 1. The Kier molecular flexibility index (Phi) is 4.39. The molecule has 5 heteroatoms. The van der Waals surface area contributed by atoms with Crippen LogP contribution in [-0.2, 0) is 6.54 Å². The first kappa shape index (κ1) is 14.5. The number of hydrogen-bond donors (Lipinski definition) is 1. The van der Waals surface area contributed by atoms with Gasteiger partial charge in [-0.25, -0.2) is 0 Å². The Hall–Kier alpha value is -1.88. The Morgan fingerprint density at radius 3 is 2.60 bits per heavy atom. The minimum atomic E-state index is -0.347. The Labute approximate surface area is 126 Å². The third kappa shape index (κ3) is 3.36. The van der Waals surface area contributed by atoms with Crippen molar-refractivity contribution in [2.24, 2.45) is 0 Å². The van der Waals surface area contributed by atoms with Crippen LogP contribution in [0, 0.1) is 24.0 Å². The molecule has 0 aliphatic heterocycles. The Morgan fingerprint density at radius 2 is 1.95 bits per heavy atom. The quantitative estimate of drug-likeness (QED) is 0.657. The Morgan fingerprint density at radius 1 is 1.20 bits per heavy atom. The number of nitro benzene ring substituents is 1. The van der Waals surface area contributed by atoms with Crippen molar-refractivity contribution >= 4 is 27.3 Å². The first-order valence-corrected chi connectivity index (χ1v) is 7.00. The molecule has 1 N–H and O–H groups in total. The highest BCUT2D eigenvalue weighted by Crippen LogP contribution is 2.25. The van der Waals surface area contributed by atoms with Crippen LogP contribution in [0.25, 0.3) is 0 Å². The summed E-state index contributed by atoms with van der Waals surface area (Å²) in [5.41, 5.74) is 3.87. The second-order valence-corrected chi connectivity index (χ2v) is 5.57. The van der Waals surface area contributed by atoms with Crippen LogP contribution in [0.1, 0.15) is 16.7 Å². The maximum atomic E-state index is 10.9. The molecule has 0 fully saturated rings. The Bertz CT molecular complexity index is 656. The maximum absolute atomic E-state index is 10.9. The van der Waals surface area contributed by atoms with Gasteiger partial charge in [0.25, 0.3) is 5.69 Å². The van der Waals surface area contributed by atoms with Gasteiger partial charge in [0, 0.05) is 28.3 Å². The number of nitro groups is 1. The number of benzene rings is 2. The first-order chi connectivity index (χ1) is 9.47. The van der Waals surface area contributed by atoms with Gasteiger partial charge in [-0.1, -0.05) is 18.2 Å². The van der Waals surface area contributed by atoms with Crippen LogP contribution < -0.4 is 5.32 Å². The first-order valence-electron chi connectivity index (χ1n) is 6.21. The normalized spacial score (nSPS) is 10.3. The highest BCUT2D eigenvalue weighted by Gasteiger charge is 2.10. The van der Waals surface area contributed by atoms with Gasteiger partial charge in [-0.15, -0.1) is 0 Å². The van der Waals surface area contributed by atoms with E-state index in [1.54, 1.807) is 19.1 Å². The van der Waals surface area contributed by atoms with Gasteiger partial charge in [0.1, 0.15) is 0 Å². The molecule has 2 aromatic rings. The van der Waals surface area contributed by atoms with Gasteiger partial charge in [-0.2, -0.15) is 0 Å². The van der Waals surface area contributed by atoms with Crippen LogP contribution in [0.2, 0.25) is 0 Å². The minimum Gasteiger partial charge on any atom is -0.380 e. The fraction of sp³-hybridized carbons (Fsp3) is 0.200. The number of anilines is 1. The largest absolute Gasteiger partial charge is 0.380 e. The summed E-state index contributed by atoms with van der Waals surface area (Å²) in [5.74, 6) is 0. The standard InChI is InChI=1S/C15H15BrN2O2/c1-10-3-6-14(13(16)7-10)17-9-12-5-4-11(2)15(8-12)18(19)20/h3-8,17H,9H2,1-2H3. The third-order valence-electron chi connectivity index (χ3n) is 3.08. The summed E-state index contributed by atoms with van der Waals surface area (Å²) in [6.07, 6.45) is 0. The Balaban J connectivity index is 2.15. The zero-order chi connectivity index (χ0) is 14.7. The molecular formula is C15H15BrN2O2. The van der Waals surface area contributed by atoms with Gasteiger partial charge in [-0.3, -0.25) is 10.1 Å². The van der Waals surface area contributed by atoms with Crippen molar-refractivity contribution in [2.75, 3.05) is 5.32 Å². The molecule has 4 nitrogen and oxygen atoms in total. The van der Waals surface area contributed by atoms with E-state index in [1.165, 1.54) is 5.56 Å². The number of halogens is 1. The molecule has 2 rings (SSSR count). The SMILES string of the molecule is Cc1ccc(NCc2ccc(C)c([N+](=O)[O-])c2)c(Br)c1. The molecule has 0 heterocycles. The summed E-state index contributed by atoms with van der Waals surface area (Å²) in [4.78, 5) is 10.6. The fourth-order valence-corrected chi connectivity index (χ4v) is 2.56. The monoisotopic (exact) mass is 334 g/mol. The highest BCUT2D eigenvalue weighted by molar-refractivity contribution is 9.10. The van der Waals surface area contributed by atoms with Gasteiger partial charge < -0.3 is 5.32 Å². The topological polar surface area (TPSA) is 55.2 Å². The zero-order valence-electron chi connectivity index (χ0n) is 11.3. The number of aryl methyl sites for hydroxylation is 2. The molecule has 20 heavy (non-hydrogen) atoms. The molecule has 0 saturated heterocycles. The molecule has 0 aliphatic carbocycles. The van der Waals surface area contributed by atoms with Crippen LogP contribution in [0.5, 0.6) is 0 Å². The van der Waals surface area contributed by atoms with E-state index in [9.17, 15) is 10.1 Å². The van der Waals surface area contributed by atoms with Gasteiger partial charge in [0.2, 0.25) is 0 Å². The molecule has 2 aromatic carbocycles. The molecule has 0 spiro atoms. The molecule has 0 amide bonds. The van der Waals surface area contributed by atoms with Crippen LogP contribution in [0.4, 0.5) is 11.4 Å². The highest BCUT2D eigenvalue weighted by atomic mass is 79.9. The zero-order valence-corrected chi connectivity index (χ0v) is 12.9. The average Bonchev–Trinajstić information content (AvgIpc) is 2.39. The number of rotatable bonds is 4. The summed E-state index contributed by atoms with van der Waals surface area (Å²) in [7, 11) is 0. The molecule has 0 aliphatic rings. The van der Waals surface area contributed by atoms with E-state index >= 15 is 0 Å². The molecule has 104 valence electrons. The van der Waals surface area contributed by atoms with E-state index in [0.717, 1.165) is 15.7 Å². The van der Waals surface area contributed by atoms with E-state index < -0.39 is 0 Å². The summed E-state index contributed by atoms with van der Waals surface area (Å²) >= 11 is 3.50. The summed E-state index contributed by atoms with van der Waals surface area (Å²) < 4.78 is 0.985. The predicted molar refractivity (Wildman–Crippen MR) is 84.0 cm³/mol. The third-order valence-corrected chi connectivity index (χ3v) is 3.73. The number of hydrogen-bond acceptors (Lipinski definition) is 3. The van der Waals surface area contributed by atoms with E-state index in [0.29, 0.717) is 12.1 Å². The van der Waals surface area contributed by atoms with E-state index in [-0.39, 0.29) is 10.6 Å². The smallest absolute Gasteiger partial charge is 0.272 e. The second-order valence-electron chi connectivity index (χ2n) is 4.71. The van der Waals surface area contributed by atoms with Crippen molar-refractivity contribution in [1.29, 1.82) is 0 Å². The van der Waals surface area contributed by atoms with Crippen molar-refractivity contribution in [3.8, 4) is 0 Å². The van der Waals surface area contributed by atoms with Crippen molar-refractivity contribution in [3.05, 3.63) is 67.7 Å². The lowest BCUT2D eigenvalue weighted by molar-refractivity contribution is -0.385. The van der Waals surface area contributed by atoms with Crippen LogP contribution in [-0.4, -0.2) is 4.92 Å². The van der Waals surface area contributed by atoms with Crippen LogP contribution >= 0.6 is 15.9 Å². The minimum absolute atomic E-state index is 0.160. The maximum Gasteiger partial charge on any atom is 0.272 e. The number of nitrogens with zero attached hydrogens (tertiary/aromatic N) is 1. The van der Waals surface area contributed by atoms with Crippen LogP contribution in [0.15, 0.2) is 40.9 Å². The van der Waals surface area contributed by atoms with E-state index in [1.807, 2.05) is 31.2 Å². The molecule has 0 bridgehead atoms. The van der Waals surface area contributed by atoms with Gasteiger partial charge in [-0.05, 0) is 53.0 Å². The molecule has 0 unspecified atom stereocenters. The molecule has 0 atom stereocenters. The lowest BCUT2D eigenvalue weighted by Crippen LogP contribution is -2.01. The van der Waals surface area contributed by atoms with Crippen molar-refractivity contribution < 1.29 is 4.92 Å². The lowest BCUT2D eigenvalue weighted by atomic mass is 10.1. The summed E-state index contributed by atoms with van der Waals surface area (Å²) in [5, 5.41) is 14.2. The molecule has 0 saturated carbocycles. The van der Waals surface area contributed by atoms with Gasteiger partial charge in [0.15, 0.2) is 0 Å². The van der Waals surface area contributed by atoms with Gasteiger partial charge >= 0.3 is 0 Å². The van der Waals surface area contributed by atoms with Crippen molar-refractivity contribution in [2.45, 2.75) is 20.4 Å².